The molecule has 2 atom stereocenters. The van der Waals surface area contributed by atoms with Crippen LogP contribution in [-0.4, -0.2) is 41.5 Å². The number of nitrogens with one attached hydrogen (secondary N) is 2. The first kappa shape index (κ1) is 9.28. The molecular weight excluding hydrogens is 160 g/mol. The molecule has 0 aliphatic carbocycles. The van der Waals surface area contributed by atoms with Crippen molar-refractivity contribution in [2.75, 3.05) is 13.2 Å². The van der Waals surface area contributed by atoms with E-state index in [0.717, 1.165) is 12.8 Å². The lowest BCUT2D eigenvalue weighted by Gasteiger charge is -2.28. The highest BCUT2D eigenvalue weighted by molar-refractivity contribution is 5.64. The fourth-order valence-electron chi connectivity index (χ4n) is 1.37. The van der Waals surface area contributed by atoms with Gasteiger partial charge in [0.2, 0.25) is 0 Å². The molecule has 0 radical (unpaired) electrons. The molecule has 1 saturated heterocycles. The Balaban J connectivity index is 2.21. The van der Waals surface area contributed by atoms with E-state index in [4.69, 9.17) is 10.2 Å². The predicted molar refractivity (Wildman–Crippen MR) is 43.1 cm³/mol. The molecule has 1 amide bonds. The van der Waals surface area contributed by atoms with E-state index in [2.05, 4.69) is 10.6 Å². The molecule has 1 fully saturated rings. The summed E-state index contributed by atoms with van der Waals surface area (Å²) >= 11 is 0. The van der Waals surface area contributed by atoms with Gasteiger partial charge in [0, 0.05) is 18.6 Å². The fourth-order valence-corrected chi connectivity index (χ4v) is 1.37. The largest absolute Gasteiger partial charge is 0.465 e. The Morgan fingerprint density at radius 1 is 1.58 bits per heavy atom. The van der Waals surface area contributed by atoms with Gasteiger partial charge in [-0.05, 0) is 12.8 Å². The summed E-state index contributed by atoms with van der Waals surface area (Å²) in [4.78, 5) is 10.2. The van der Waals surface area contributed by atoms with E-state index >= 15 is 0 Å². The molecule has 1 rings (SSSR count). The van der Waals surface area contributed by atoms with Gasteiger partial charge in [-0.1, -0.05) is 0 Å². The normalized spacial score (nSPS) is 29.8. The first-order valence-electron chi connectivity index (χ1n) is 4.06. The van der Waals surface area contributed by atoms with Crippen LogP contribution in [0.2, 0.25) is 0 Å². The Morgan fingerprint density at radius 3 is 2.75 bits per heavy atom. The average molecular weight is 174 g/mol. The van der Waals surface area contributed by atoms with Crippen LogP contribution in [-0.2, 0) is 0 Å². The zero-order chi connectivity index (χ0) is 8.97. The highest BCUT2D eigenvalue weighted by Crippen LogP contribution is 2.07. The van der Waals surface area contributed by atoms with Gasteiger partial charge in [-0.15, -0.1) is 0 Å². The predicted octanol–water partition coefficient (Wildman–Crippen LogP) is -0.633. The first-order chi connectivity index (χ1) is 5.72. The molecule has 5 nitrogen and oxygen atoms in total. The van der Waals surface area contributed by atoms with E-state index in [9.17, 15) is 4.79 Å². The topological polar surface area (TPSA) is 81.6 Å². The van der Waals surface area contributed by atoms with E-state index in [1.165, 1.54) is 0 Å². The summed E-state index contributed by atoms with van der Waals surface area (Å²) in [7, 11) is 0. The number of aliphatic hydroxyl groups is 1. The van der Waals surface area contributed by atoms with E-state index in [1.54, 1.807) is 0 Å². The van der Waals surface area contributed by atoms with Crippen LogP contribution in [0.4, 0.5) is 4.79 Å². The minimum atomic E-state index is -0.982. The van der Waals surface area contributed by atoms with Crippen LogP contribution in [0.25, 0.3) is 0 Å². The van der Waals surface area contributed by atoms with Crippen molar-refractivity contribution in [1.82, 2.24) is 10.6 Å². The van der Waals surface area contributed by atoms with Crippen LogP contribution < -0.4 is 10.6 Å². The number of amides is 1. The third-order valence-corrected chi connectivity index (χ3v) is 2.06. The molecule has 4 N–H and O–H groups in total. The summed E-state index contributed by atoms with van der Waals surface area (Å²) in [6.45, 7) is 0.733. The second-order valence-electron chi connectivity index (χ2n) is 3.01. The molecule has 2 unspecified atom stereocenters. The highest BCUT2D eigenvalue weighted by atomic mass is 16.4. The van der Waals surface area contributed by atoms with E-state index < -0.39 is 6.09 Å². The van der Waals surface area contributed by atoms with Crippen LogP contribution in [0.3, 0.4) is 0 Å². The number of carbonyl (C=O) groups is 1. The quantitative estimate of drug-likeness (QED) is 0.449. The van der Waals surface area contributed by atoms with E-state index in [1.807, 2.05) is 0 Å². The first-order valence-corrected chi connectivity index (χ1v) is 4.06. The number of hydrogen-bond donors (Lipinski definition) is 4. The van der Waals surface area contributed by atoms with E-state index in [0.29, 0.717) is 6.54 Å². The Morgan fingerprint density at radius 2 is 2.33 bits per heavy atom. The summed E-state index contributed by atoms with van der Waals surface area (Å²) in [5.74, 6) is 0. The zero-order valence-corrected chi connectivity index (χ0v) is 6.79. The Hall–Kier alpha value is -0.810. The molecular formula is C7H14N2O3. The third-order valence-electron chi connectivity index (χ3n) is 2.06. The Bertz CT molecular complexity index is 155. The summed E-state index contributed by atoms with van der Waals surface area (Å²) in [6, 6.07) is 0.127. The molecule has 5 heteroatoms. The molecule has 1 aliphatic rings. The van der Waals surface area contributed by atoms with Gasteiger partial charge in [-0.2, -0.15) is 0 Å². The molecule has 1 aliphatic heterocycles. The maximum Gasteiger partial charge on any atom is 0.404 e. The standard InChI is InChI=1S/C7H14N2O3/c10-4-6-2-1-5(3-8-6)9-7(11)12/h5-6,8-10H,1-4H2,(H,11,12). The monoisotopic (exact) mass is 174 g/mol. The maximum absolute atomic E-state index is 10.2. The third kappa shape index (κ3) is 2.67. The molecule has 0 spiro atoms. The molecule has 0 bridgehead atoms. The van der Waals surface area contributed by atoms with Crippen LogP contribution in [0.5, 0.6) is 0 Å². The maximum atomic E-state index is 10.2. The summed E-state index contributed by atoms with van der Waals surface area (Å²) < 4.78 is 0. The van der Waals surface area contributed by atoms with Crippen molar-refractivity contribution in [3.05, 3.63) is 0 Å². The summed E-state index contributed by atoms with van der Waals surface area (Å²) in [6.07, 6.45) is 0.635. The Kier molecular flexibility index (Phi) is 3.31. The fraction of sp³-hybridized carbons (Fsp3) is 0.857. The summed E-state index contributed by atoms with van der Waals surface area (Å²) in [5, 5.41) is 22.6. The lowest BCUT2D eigenvalue weighted by molar-refractivity contribution is 0.176. The van der Waals surface area contributed by atoms with Gasteiger partial charge in [0.15, 0.2) is 0 Å². The number of carboxylic acid groups (broad SMARTS) is 1. The molecule has 1 heterocycles. The lowest BCUT2D eigenvalue weighted by atomic mass is 10.0. The van der Waals surface area contributed by atoms with Gasteiger partial charge < -0.3 is 20.8 Å². The number of rotatable bonds is 2. The molecule has 70 valence electrons. The Labute approximate surface area is 70.8 Å². The second-order valence-corrected chi connectivity index (χ2v) is 3.01. The van der Waals surface area contributed by atoms with Crippen LogP contribution in [0, 0.1) is 0 Å². The molecule has 0 aromatic heterocycles. The second kappa shape index (κ2) is 4.27. The van der Waals surface area contributed by atoms with Crippen molar-refractivity contribution in [2.24, 2.45) is 0 Å². The highest BCUT2D eigenvalue weighted by Gasteiger charge is 2.20. The van der Waals surface area contributed by atoms with Crippen molar-refractivity contribution in [3.8, 4) is 0 Å². The molecule has 0 aromatic carbocycles. The summed E-state index contributed by atoms with van der Waals surface area (Å²) in [5.41, 5.74) is 0. The van der Waals surface area contributed by atoms with Gasteiger partial charge >= 0.3 is 6.09 Å². The van der Waals surface area contributed by atoms with Crippen LogP contribution in [0.1, 0.15) is 12.8 Å². The zero-order valence-electron chi connectivity index (χ0n) is 6.79. The minimum absolute atomic E-state index is 0.00898. The van der Waals surface area contributed by atoms with E-state index in [-0.39, 0.29) is 18.7 Å². The van der Waals surface area contributed by atoms with Crippen molar-refractivity contribution in [2.45, 2.75) is 24.9 Å². The van der Waals surface area contributed by atoms with Crippen molar-refractivity contribution in [1.29, 1.82) is 0 Å². The number of hydrogen-bond acceptors (Lipinski definition) is 3. The van der Waals surface area contributed by atoms with Crippen molar-refractivity contribution in [3.63, 3.8) is 0 Å². The lowest BCUT2D eigenvalue weighted by Crippen LogP contribution is -2.50. The average Bonchev–Trinajstić information content (AvgIpc) is 2.05. The van der Waals surface area contributed by atoms with Crippen molar-refractivity contribution >= 4 is 6.09 Å². The molecule has 0 aromatic rings. The van der Waals surface area contributed by atoms with Gasteiger partial charge in [0.1, 0.15) is 0 Å². The number of aliphatic hydroxyl groups excluding tert-OH is 1. The molecule has 0 saturated carbocycles. The van der Waals surface area contributed by atoms with Gasteiger partial charge in [-0.3, -0.25) is 0 Å². The van der Waals surface area contributed by atoms with Gasteiger partial charge in [0.05, 0.1) is 6.61 Å². The minimum Gasteiger partial charge on any atom is -0.465 e. The van der Waals surface area contributed by atoms with Crippen LogP contribution in [0.15, 0.2) is 0 Å². The SMILES string of the molecule is O=C(O)NC1CCC(CO)NC1. The number of piperidine rings is 1. The smallest absolute Gasteiger partial charge is 0.404 e. The van der Waals surface area contributed by atoms with Crippen LogP contribution >= 0.6 is 0 Å². The van der Waals surface area contributed by atoms with Crippen molar-refractivity contribution < 1.29 is 15.0 Å². The van der Waals surface area contributed by atoms with Gasteiger partial charge in [0.25, 0.3) is 0 Å². The molecule has 12 heavy (non-hydrogen) atoms. The van der Waals surface area contributed by atoms with Gasteiger partial charge in [-0.25, -0.2) is 4.79 Å².